The van der Waals surface area contributed by atoms with Crippen LogP contribution in [0.25, 0.3) is 10.9 Å². The molecule has 5 nitrogen and oxygen atoms in total. The highest BCUT2D eigenvalue weighted by Gasteiger charge is 2.48. The van der Waals surface area contributed by atoms with Gasteiger partial charge in [-0.1, -0.05) is 67.6 Å². The van der Waals surface area contributed by atoms with Crippen molar-refractivity contribution in [3.8, 4) is 0 Å². The molecular weight excluding hydrogens is 434 g/mol. The first-order chi connectivity index (χ1) is 16.0. The van der Waals surface area contributed by atoms with E-state index in [4.69, 9.17) is 11.6 Å². The Hall–Kier alpha value is -2.79. The van der Waals surface area contributed by atoms with Gasteiger partial charge in [0, 0.05) is 28.5 Å². The molecule has 2 heterocycles. The molecule has 1 aromatic heterocycles. The van der Waals surface area contributed by atoms with E-state index >= 15 is 0 Å². The van der Waals surface area contributed by atoms with Crippen LogP contribution in [0, 0.1) is 0 Å². The van der Waals surface area contributed by atoms with Crippen LogP contribution >= 0.6 is 11.6 Å². The molecule has 1 atom stereocenters. The topological polar surface area (TPSA) is 54.3 Å². The maximum Gasteiger partial charge on any atom is 0.271 e. The number of benzene rings is 2. The largest absolute Gasteiger partial charge is 0.351 e. The van der Waals surface area contributed by atoms with E-state index in [1.807, 2.05) is 66.1 Å². The van der Waals surface area contributed by atoms with E-state index in [-0.39, 0.29) is 17.9 Å². The lowest BCUT2D eigenvalue weighted by atomic mass is 9.93. The number of fused-ring (bicyclic) bond motifs is 3. The molecule has 3 aromatic rings. The van der Waals surface area contributed by atoms with Gasteiger partial charge in [-0.25, -0.2) is 0 Å². The summed E-state index contributed by atoms with van der Waals surface area (Å²) >= 11 is 6.22. The second-order valence-corrected chi connectivity index (χ2v) is 10.1. The predicted molar refractivity (Wildman–Crippen MR) is 131 cm³/mol. The van der Waals surface area contributed by atoms with Gasteiger partial charge in [0.25, 0.3) is 5.91 Å². The second kappa shape index (κ2) is 8.86. The maximum absolute atomic E-state index is 13.8. The van der Waals surface area contributed by atoms with Crippen LogP contribution in [0.4, 0.5) is 0 Å². The molecule has 33 heavy (non-hydrogen) atoms. The normalized spacial score (nSPS) is 21.6. The smallest absolute Gasteiger partial charge is 0.271 e. The van der Waals surface area contributed by atoms with Crippen molar-refractivity contribution in [2.45, 2.75) is 70.1 Å². The van der Waals surface area contributed by atoms with Gasteiger partial charge in [0.05, 0.1) is 6.54 Å². The number of rotatable bonds is 4. The van der Waals surface area contributed by atoms with E-state index < -0.39 is 5.54 Å². The van der Waals surface area contributed by atoms with Crippen molar-refractivity contribution in [2.24, 2.45) is 0 Å². The molecule has 172 valence electrons. The van der Waals surface area contributed by atoms with Crippen molar-refractivity contribution < 1.29 is 9.59 Å². The zero-order valence-electron chi connectivity index (χ0n) is 19.0. The quantitative estimate of drug-likeness (QED) is 0.516. The molecular formula is C27H30ClN3O2. The highest BCUT2D eigenvalue weighted by molar-refractivity contribution is 6.30. The van der Waals surface area contributed by atoms with Crippen LogP contribution in [0.2, 0.25) is 5.02 Å². The molecule has 1 saturated carbocycles. The molecule has 6 heteroatoms. The standard InChI is InChI=1S/C27H30ClN3O2/c1-27(26(33)29-22-12-4-2-3-5-13-22)18-30-23-14-7-6-10-20(23)16-24(30)25(32)31(27)17-19-9-8-11-21(28)15-19/h6-11,14-16,22H,2-5,12-13,17-18H2,1H3,(H,29,33)/t27-/m1/s1. The lowest BCUT2D eigenvalue weighted by molar-refractivity contribution is -0.134. The summed E-state index contributed by atoms with van der Waals surface area (Å²) < 4.78 is 2.01. The summed E-state index contributed by atoms with van der Waals surface area (Å²) in [6.07, 6.45) is 6.73. The van der Waals surface area contributed by atoms with E-state index in [0.717, 1.165) is 42.1 Å². The molecule has 1 aliphatic carbocycles. The van der Waals surface area contributed by atoms with Crippen molar-refractivity contribution in [2.75, 3.05) is 0 Å². The number of nitrogens with zero attached hydrogens (tertiary/aromatic N) is 2. The van der Waals surface area contributed by atoms with E-state index in [1.165, 1.54) is 12.8 Å². The fourth-order valence-corrected chi connectivity index (χ4v) is 5.55. The zero-order chi connectivity index (χ0) is 23.0. The average molecular weight is 464 g/mol. The van der Waals surface area contributed by atoms with Crippen molar-refractivity contribution in [3.05, 3.63) is 70.9 Å². The molecule has 0 unspecified atom stereocenters. The van der Waals surface area contributed by atoms with Gasteiger partial charge in [0.1, 0.15) is 11.2 Å². The second-order valence-electron chi connectivity index (χ2n) is 9.63. The fourth-order valence-electron chi connectivity index (χ4n) is 5.34. The lowest BCUT2D eigenvalue weighted by Crippen LogP contribution is -2.64. The minimum absolute atomic E-state index is 0.0757. The minimum atomic E-state index is -1.01. The van der Waals surface area contributed by atoms with Gasteiger partial charge in [0.2, 0.25) is 5.91 Å². The number of aromatic nitrogens is 1. The molecule has 1 fully saturated rings. The van der Waals surface area contributed by atoms with Gasteiger partial charge in [-0.15, -0.1) is 0 Å². The number of carbonyl (C=O) groups is 2. The third kappa shape index (κ3) is 4.15. The average Bonchev–Trinajstić information content (AvgIpc) is 2.97. The summed E-state index contributed by atoms with van der Waals surface area (Å²) in [4.78, 5) is 29.4. The summed E-state index contributed by atoms with van der Waals surface area (Å²) in [6, 6.07) is 17.6. The SMILES string of the molecule is C[C@]1(C(=O)NC2CCCCCC2)Cn2c(cc3ccccc32)C(=O)N1Cc1cccc(Cl)c1. The Kier molecular flexibility index (Phi) is 5.92. The Morgan fingerprint density at radius 1 is 1.06 bits per heavy atom. The van der Waals surface area contributed by atoms with Gasteiger partial charge in [-0.3, -0.25) is 9.59 Å². The number of halogens is 1. The first-order valence-corrected chi connectivity index (χ1v) is 12.3. The predicted octanol–water partition coefficient (Wildman–Crippen LogP) is 5.55. The van der Waals surface area contributed by atoms with E-state index in [9.17, 15) is 9.59 Å². The fraction of sp³-hybridized carbons (Fsp3) is 0.407. The molecule has 1 N–H and O–H groups in total. The van der Waals surface area contributed by atoms with Crippen molar-refractivity contribution in [1.82, 2.24) is 14.8 Å². The molecule has 1 aliphatic heterocycles. The van der Waals surface area contributed by atoms with Crippen molar-refractivity contribution in [3.63, 3.8) is 0 Å². The van der Waals surface area contributed by atoms with Crippen molar-refractivity contribution in [1.29, 1.82) is 0 Å². The minimum Gasteiger partial charge on any atom is -0.351 e. The van der Waals surface area contributed by atoms with Gasteiger partial charge in [-0.2, -0.15) is 0 Å². The summed E-state index contributed by atoms with van der Waals surface area (Å²) in [5.74, 6) is -0.204. The number of hydrogen-bond donors (Lipinski definition) is 1. The van der Waals surface area contributed by atoms with Crippen LogP contribution in [0.3, 0.4) is 0 Å². The van der Waals surface area contributed by atoms with E-state index in [0.29, 0.717) is 23.8 Å². The Morgan fingerprint density at radius 3 is 2.58 bits per heavy atom. The number of nitrogens with one attached hydrogen (secondary N) is 1. The number of hydrogen-bond acceptors (Lipinski definition) is 2. The Labute approximate surface area is 199 Å². The zero-order valence-corrected chi connectivity index (χ0v) is 19.8. The molecule has 0 saturated heterocycles. The Bertz CT molecular complexity index is 1200. The van der Waals surface area contributed by atoms with Crippen molar-refractivity contribution >= 4 is 34.3 Å². The Morgan fingerprint density at radius 2 is 1.82 bits per heavy atom. The molecule has 0 bridgehead atoms. The summed E-state index contributed by atoms with van der Waals surface area (Å²) in [5.41, 5.74) is 1.50. The third-order valence-electron chi connectivity index (χ3n) is 7.25. The highest BCUT2D eigenvalue weighted by Crippen LogP contribution is 2.34. The van der Waals surface area contributed by atoms with Gasteiger partial charge in [0.15, 0.2) is 0 Å². The lowest BCUT2D eigenvalue weighted by Gasteiger charge is -2.44. The van der Waals surface area contributed by atoms with Crippen LogP contribution in [-0.4, -0.2) is 32.9 Å². The van der Waals surface area contributed by atoms with Gasteiger partial charge < -0.3 is 14.8 Å². The summed E-state index contributed by atoms with van der Waals surface area (Å²) in [7, 11) is 0. The van der Waals surface area contributed by atoms with E-state index in [2.05, 4.69) is 5.32 Å². The number of carbonyl (C=O) groups excluding carboxylic acids is 2. The maximum atomic E-state index is 13.8. The molecule has 2 aromatic carbocycles. The third-order valence-corrected chi connectivity index (χ3v) is 7.48. The van der Waals surface area contributed by atoms with Crippen LogP contribution in [0.15, 0.2) is 54.6 Å². The van der Waals surface area contributed by atoms with Crippen LogP contribution in [-0.2, 0) is 17.9 Å². The molecule has 0 spiro atoms. The molecule has 5 rings (SSSR count). The molecule has 2 aliphatic rings. The van der Waals surface area contributed by atoms with E-state index in [1.54, 1.807) is 4.90 Å². The van der Waals surface area contributed by atoms with Crippen LogP contribution < -0.4 is 5.32 Å². The van der Waals surface area contributed by atoms with Crippen LogP contribution in [0.1, 0.15) is 61.5 Å². The highest BCUT2D eigenvalue weighted by atomic mass is 35.5. The monoisotopic (exact) mass is 463 g/mol. The Balaban J connectivity index is 1.54. The summed E-state index contributed by atoms with van der Waals surface area (Å²) in [6.45, 7) is 2.65. The molecule has 2 amide bonds. The first-order valence-electron chi connectivity index (χ1n) is 11.9. The number of amides is 2. The van der Waals surface area contributed by atoms with Crippen LogP contribution in [0.5, 0.6) is 0 Å². The van der Waals surface area contributed by atoms with Gasteiger partial charge >= 0.3 is 0 Å². The van der Waals surface area contributed by atoms with Gasteiger partial charge in [-0.05, 0) is 49.6 Å². The summed E-state index contributed by atoms with van der Waals surface area (Å²) in [5, 5.41) is 4.95. The molecule has 0 radical (unpaired) electrons. The number of para-hydroxylation sites is 1. The first kappa shape index (κ1) is 22.0.